The number of hydrogen-bond donors (Lipinski definition) is 0. The molecule has 0 aliphatic heterocycles. The van der Waals surface area contributed by atoms with Gasteiger partial charge in [-0.15, -0.1) is 0 Å². The summed E-state index contributed by atoms with van der Waals surface area (Å²) in [4.78, 5) is 16.1. The summed E-state index contributed by atoms with van der Waals surface area (Å²) in [5.41, 5.74) is 3.18. The fourth-order valence-corrected chi connectivity index (χ4v) is 2.42. The third-order valence-electron chi connectivity index (χ3n) is 3.70. The van der Waals surface area contributed by atoms with Gasteiger partial charge in [0.2, 0.25) is 0 Å². The number of esters is 1. The van der Waals surface area contributed by atoms with E-state index in [2.05, 4.69) is 9.72 Å². The van der Waals surface area contributed by atoms with Crippen LogP contribution in [0.15, 0.2) is 54.6 Å². The van der Waals surface area contributed by atoms with E-state index in [1.165, 1.54) is 7.11 Å². The van der Waals surface area contributed by atoms with Crippen LogP contribution in [0.1, 0.15) is 21.6 Å². The van der Waals surface area contributed by atoms with Gasteiger partial charge in [-0.3, -0.25) is 0 Å². The average Bonchev–Trinajstić information content (AvgIpc) is 2.65. The van der Waals surface area contributed by atoms with E-state index in [1.807, 2.05) is 54.6 Å². The second-order valence-electron chi connectivity index (χ2n) is 5.22. The number of rotatable bonds is 4. The van der Waals surface area contributed by atoms with Gasteiger partial charge in [0.25, 0.3) is 0 Å². The van der Waals surface area contributed by atoms with Crippen molar-refractivity contribution in [1.29, 1.82) is 0 Å². The average molecular weight is 319 g/mol. The third kappa shape index (κ3) is 3.27. The SMILES string of the molecule is COC(=O)c1ccc(/C=C/c2ccc3cccc(OC)c3n2)cc1. The van der Waals surface area contributed by atoms with Crippen LogP contribution in [0.3, 0.4) is 0 Å². The van der Waals surface area contributed by atoms with Crippen molar-refractivity contribution < 1.29 is 14.3 Å². The van der Waals surface area contributed by atoms with Crippen molar-refractivity contribution in [3.63, 3.8) is 0 Å². The Hall–Kier alpha value is -3.14. The zero-order valence-electron chi connectivity index (χ0n) is 13.5. The van der Waals surface area contributed by atoms with E-state index in [1.54, 1.807) is 19.2 Å². The molecule has 0 fully saturated rings. The maximum atomic E-state index is 11.4. The highest BCUT2D eigenvalue weighted by atomic mass is 16.5. The molecule has 0 radical (unpaired) electrons. The molecule has 0 spiro atoms. The first-order valence-corrected chi connectivity index (χ1v) is 7.51. The summed E-state index contributed by atoms with van der Waals surface area (Å²) in [6.45, 7) is 0. The molecule has 3 rings (SSSR count). The summed E-state index contributed by atoms with van der Waals surface area (Å²) in [6.07, 6.45) is 3.88. The Balaban J connectivity index is 1.86. The van der Waals surface area contributed by atoms with Gasteiger partial charge in [-0.05, 0) is 35.9 Å². The van der Waals surface area contributed by atoms with Crippen molar-refractivity contribution in [2.24, 2.45) is 0 Å². The molecule has 4 nitrogen and oxygen atoms in total. The van der Waals surface area contributed by atoms with E-state index in [0.29, 0.717) is 5.56 Å². The Labute approximate surface area is 140 Å². The highest BCUT2D eigenvalue weighted by Gasteiger charge is 2.04. The number of methoxy groups -OCH3 is 2. The molecule has 0 amide bonds. The maximum Gasteiger partial charge on any atom is 0.337 e. The van der Waals surface area contributed by atoms with E-state index in [0.717, 1.165) is 27.9 Å². The van der Waals surface area contributed by atoms with Crippen molar-refractivity contribution in [3.05, 3.63) is 71.4 Å². The van der Waals surface area contributed by atoms with Gasteiger partial charge in [-0.2, -0.15) is 0 Å². The summed E-state index contributed by atoms with van der Waals surface area (Å²) in [7, 11) is 3.01. The zero-order valence-corrected chi connectivity index (χ0v) is 13.5. The quantitative estimate of drug-likeness (QED) is 0.676. The Morgan fingerprint density at radius 2 is 1.75 bits per heavy atom. The van der Waals surface area contributed by atoms with E-state index < -0.39 is 0 Å². The van der Waals surface area contributed by atoms with Gasteiger partial charge in [0.15, 0.2) is 0 Å². The molecular formula is C20H17NO3. The molecule has 1 aromatic heterocycles. The molecule has 0 saturated carbocycles. The van der Waals surface area contributed by atoms with Gasteiger partial charge in [-0.25, -0.2) is 9.78 Å². The van der Waals surface area contributed by atoms with Crippen molar-refractivity contribution in [1.82, 2.24) is 4.98 Å². The van der Waals surface area contributed by atoms with Crippen LogP contribution in [0.2, 0.25) is 0 Å². The van der Waals surface area contributed by atoms with Crippen molar-refractivity contribution >= 4 is 29.0 Å². The molecule has 4 heteroatoms. The van der Waals surface area contributed by atoms with E-state index in [-0.39, 0.29) is 5.97 Å². The molecule has 0 saturated heterocycles. The van der Waals surface area contributed by atoms with Gasteiger partial charge < -0.3 is 9.47 Å². The molecular weight excluding hydrogens is 302 g/mol. The smallest absolute Gasteiger partial charge is 0.337 e. The van der Waals surface area contributed by atoms with Gasteiger partial charge in [0, 0.05) is 5.39 Å². The number of ether oxygens (including phenoxy) is 2. The van der Waals surface area contributed by atoms with Crippen LogP contribution in [-0.2, 0) is 4.74 Å². The Kier molecular flexibility index (Phi) is 4.57. The lowest BCUT2D eigenvalue weighted by Crippen LogP contribution is -2.00. The Morgan fingerprint density at radius 1 is 0.958 bits per heavy atom. The van der Waals surface area contributed by atoms with Crippen molar-refractivity contribution in [3.8, 4) is 5.75 Å². The largest absolute Gasteiger partial charge is 0.494 e. The highest BCUT2D eigenvalue weighted by Crippen LogP contribution is 2.24. The minimum absolute atomic E-state index is 0.339. The Bertz CT molecular complexity index is 898. The number of benzene rings is 2. The summed E-state index contributed by atoms with van der Waals surface area (Å²) < 4.78 is 10.1. The summed E-state index contributed by atoms with van der Waals surface area (Å²) >= 11 is 0. The number of fused-ring (bicyclic) bond motifs is 1. The number of carbonyl (C=O) groups is 1. The number of para-hydroxylation sites is 1. The molecule has 3 aromatic rings. The molecule has 1 heterocycles. The second-order valence-corrected chi connectivity index (χ2v) is 5.22. The molecule has 0 bridgehead atoms. The number of pyridine rings is 1. The second kappa shape index (κ2) is 6.96. The highest BCUT2D eigenvalue weighted by molar-refractivity contribution is 5.90. The topological polar surface area (TPSA) is 48.4 Å². The van der Waals surface area contributed by atoms with Crippen LogP contribution in [0.5, 0.6) is 5.75 Å². The summed E-state index contributed by atoms with van der Waals surface area (Å²) in [5, 5.41) is 1.04. The first-order valence-electron chi connectivity index (χ1n) is 7.51. The lowest BCUT2D eigenvalue weighted by molar-refractivity contribution is 0.0600. The van der Waals surface area contributed by atoms with Gasteiger partial charge in [-0.1, -0.05) is 36.4 Å². The normalized spacial score (nSPS) is 10.9. The van der Waals surface area contributed by atoms with Gasteiger partial charge >= 0.3 is 5.97 Å². The first kappa shape index (κ1) is 15.7. The molecule has 0 unspecified atom stereocenters. The number of aromatic nitrogens is 1. The molecule has 0 aliphatic rings. The molecule has 120 valence electrons. The van der Waals surface area contributed by atoms with Gasteiger partial charge in [0.1, 0.15) is 11.3 Å². The summed E-state index contributed by atoms with van der Waals surface area (Å²) in [5.74, 6) is 0.416. The standard InChI is InChI=1S/C20H17NO3/c1-23-18-5-3-4-15-11-13-17(21-19(15)18)12-8-14-6-9-16(10-7-14)20(22)24-2/h3-13H,1-2H3/b12-8+. The van der Waals surface area contributed by atoms with Crippen LogP contribution < -0.4 is 4.74 Å². The third-order valence-corrected chi connectivity index (χ3v) is 3.70. The van der Waals surface area contributed by atoms with Gasteiger partial charge in [0.05, 0.1) is 25.5 Å². The molecule has 24 heavy (non-hydrogen) atoms. The van der Waals surface area contributed by atoms with Crippen LogP contribution in [0.4, 0.5) is 0 Å². The lowest BCUT2D eigenvalue weighted by Gasteiger charge is -2.05. The van der Waals surface area contributed by atoms with Crippen LogP contribution >= 0.6 is 0 Å². The first-order chi connectivity index (χ1) is 11.7. The lowest BCUT2D eigenvalue weighted by atomic mass is 10.1. The predicted molar refractivity (Wildman–Crippen MR) is 95.0 cm³/mol. The zero-order chi connectivity index (χ0) is 16.9. The molecule has 0 atom stereocenters. The maximum absolute atomic E-state index is 11.4. The van der Waals surface area contributed by atoms with Crippen LogP contribution in [-0.4, -0.2) is 25.2 Å². The van der Waals surface area contributed by atoms with Crippen molar-refractivity contribution in [2.75, 3.05) is 14.2 Å². The molecule has 2 aromatic carbocycles. The molecule has 0 N–H and O–H groups in total. The van der Waals surface area contributed by atoms with Crippen molar-refractivity contribution in [2.45, 2.75) is 0 Å². The number of carbonyl (C=O) groups excluding carboxylic acids is 1. The number of hydrogen-bond acceptors (Lipinski definition) is 4. The van der Waals surface area contributed by atoms with Crippen LogP contribution in [0, 0.1) is 0 Å². The minimum atomic E-state index is -0.339. The number of nitrogens with zero attached hydrogens (tertiary/aromatic N) is 1. The fourth-order valence-electron chi connectivity index (χ4n) is 2.42. The fraction of sp³-hybridized carbons (Fsp3) is 0.100. The van der Waals surface area contributed by atoms with E-state index in [4.69, 9.17) is 4.74 Å². The minimum Gasteiger partial charge on any atom is -0.494 e. The van der Waals surface area contributed by atoms with Crippen LogP contribution in [0.25, 0.3) is 23.1 Å². The summed E-state index contributed by atoms with van der Waals surface area (Å²) in [6, 6.07) is 17.0. The Morgan fingerprint density at radius 3 is 2.46 bits per heavy atom. The van der Waals surface area contributed by atoms with E-state index in [9.17, 15) is 4.79 Å². The predicted octanol–water partition coefficient (Wildman–Crippen LogP) is 4.20. The monoisotopic (exact) mass is 319 g/mol. The van der Waals surface area contributed by atoms with E-state index >= 15 is 0 Å². The molecule has 0 aliphatic carbocycles.